The molecule has 1 saturated heterocycles. The summed E-state index contributed by atoms with van der Waals surface area (Å²) in [6.07, 6.45) is 3.91. The van der Waals surface area contributed by atoms with Crippen LogP contribution in [0.2, 0.25) is 5.02 Å². The summed E-state index contributed by atoms with van der Waals surface area (Å²) in [5, 5.41) is 4.91. The number of hydrogen-bond acceptors (Lipinski definition) is 4. The van der Waals surface area contributed by atoms with Gasteiger partial charge in [-0.3, -0.25) is 9.58 Å². The maximum absolute atomic E-state index is 6.26. The Kier molecular flexibility index (Phi) is 5.20. The van der Waals surface area contributed by atoms with Gasteiger partial charge < -0.3 is 9.47 Å². The topological polar surface area (TPSA) is 39.5 Å². The number of aromatic nitrogens is 2. The van der Waals surface area contributed by atoms with Gasteiger partial charge in [0.15, 0.2) is 0 Å². The summed E-state index contributed by atoms with van der Waals surface area (Å²) in [5.74, 6) is 0.709. The summed E-state index contributed by atoms with van der Waals surface area (Å²) in [5.41, 5.74) is 1.19. The van der Waals surface area contributed by atoms with Crippen molar-refractivity contribution in [1.29, 1.82) is 0 Å². The number of nitrogens with zero attached hydrogens (tertiary/aromatic N) is 3. The lowest BCUT2D eigenvalue weighted by molar-refractivity contribution is -0.0497. The van der Waals surface area contributed by atoms with Crippen molar-refractivity contribution >= 4 is 11.6 Å². The van der Waals surface area contributed by atoms with Crippen LogP contribution in [-0.4, -0.2) is 47.6 Å². The van der Waals surface area contributed by atoms with Crippen LogP contribution < -0.4 is 4.74 Å². The Balaban J connectivity index is 1.66. The third kappa shape index (κ3) is 3.86. The molecule has 2 heterocycles. The molecule has 0 bridgehead atoms. The summed E-state index contributed by atoms with van der Waals surface area (Å²) in [6.45, 7) is 5.51. The Hall–Kier alpha value is -1.56. The molecule has 1 fully saturated rings. The second-order valence-electron chi connectivity index (χ2n) is 5.79. The first-order valence-corrected chi connectivity index (χ1v) is 8.21. The minimum absolute atomic E-state index is 0.153. The number of hydrogen-bond donors (Lipinski definition) is 0. The fourth-order valence-electron chi connectivity index (χ4n) is 2.97. The van der Waals surface area contributed by atoms with Crippen molar-refractivity contribution in [3.8, 4) is 5.75 Å². The molecule has 2 aromatic rings. The molecule has 0 amide bonds. The molecule has 0 spiro atoms. The van der Waals surface area contributed by atoms with Crippen molar-refractivity contribution in [3.63, 3.8) is 0 Å². The zero-order chi connectivity index (χ0) is 16.2. The zero-order valence-corrected chi connectivity index (χ0v) is 14.2. The molecule has 3 rings (SSSR count). The van der Waals surface area contributed by atoms with Crippen LogP contribution in [0.15, 0.2) is 36.7 Å². The molecule has 0 saturated carbocycles. The second kappa shape index (κ2) is 7.34. The van der Waals surface area contributed by atoms with E-state index in [9.17, 15) is 0 Å². The number of halogens is 1. The molecule has 0 unspecified atom stereocenters. The van der Waals surface area contributed by atoms with Crippen LogP contribution in [0, 0.1) is 0 Å². The third-order valence-electron chi connectivity index (χ3n) is 4.33. The van der Waals surface area contributed by atoms with Crippen molar-refractivity contribution in [2.45, 2.75) is 25.6 Å². The highest BCUT2D eigenvalue weighted by Crippen LogP contribution is 2.30. The smallest absolute Gasteiger partial charge is 0.137 e. The second-order valence-corrected chi connectivity index (χ2v) is 6.19. The number of ether oxygens (including phenoxy) is 2. The molecule has 0 aliphatic carbocycles. The average molecular weight is 336 g/mol. The first-order valence-electron chi connectivity index (χ1n) is 7.84. The molecule has 1 aromatic heterocycles. The maximum atomic E-state index is 6.26. The Morgan fingerprint density at radius 2 is 2.35 bits per heavy atom. The minimum atomic E-state index is 0.153. The van der Waals surface area contributed by atoms with E-state index in [2.05, 4.69) is 23.0 Å². The molecule has 1 aromatic carbocycles. The van der Waals surface area contributed by atoms with Crippen molar-refractivity contribution in [3.05, 3.63) is 47.2 Å². The molecule has 6 heteroatoms. The Bertz CT molecular complexity index is 633. The lowest BCUT2D eigenvalue weighted by atomic mass is 10.1. The monoisotopic (exact) mass is 335 g/mol. The van der Waals surface area contributed by atoms with Crippen molar-refractivity contribution in [2.24, 2.45) is 0 Å². The van der Waals surface area contributed by atoms with Crippen LogP contribution in [0.5, 0.6) is 5.75 Å². The van der Waals surface area contributed by atoms with Crippen LogP contribution in [0.25, 0.3) is 0 Å². The lowest BCUT2D eigenvalue weighted by Gasteiger charge is -2.37. The van der Waals surface area contributed by atoms with Gasteiger partial charge in [0.25, 0.3) is 0 Å². The predicted molar refractivity (Wildman–Crippen MR) is 90.0 cm³/mol. The van der Waals surface area contributed by atoms with Crippen LogP contribution >= 0.6 is 11.6 Å². The Morgan fingerprint density at radius 1 is 1.48 bits per heavy atom. The summed E-state index contributed by atoms with van der Waals surface area (Å²) >= 11 is 6.26. The molecule has 0 radical (unpaired) electrons. The van der Waals surface area contributed by atoms with Gasteiger partial charge in [-0.05, 0) is 30.7 Å². The highest BCUT2D eigenvalue weighted by molar-refractivity contribution is 6.32. The third-order valence-corrected chi connectivity index (χ3v) is 4.62. The van der Waals surface area contributed by atoms with E-state index < -0.39 is 0 Å². The van der Waals surface area contributed by atoms with Crippen molar-refractivity contribution < 1.29 is 9.47 Å². The van der Waals surface area contributed by atoms with Crippen LogP contribution in [0.1, 0.15) is 18.5 Å². The molecular formula is C17H22ClN3O2. The summed E-state index contributed by atoms with van der Waals surface area (Å²) in [4.78, 5) is 2.43. The standard InChI is InChI=1S/C17H22ClN3O2/c1-13(14-4-5-17(22-2)16(18)10-14)20-8-9-23-15(11-20)12-21-7-3-6-19-21/h3-7,10,13,15H,8-9,11-12H2,1-2H3/t13-,15-/m0/s1. The molecule has 23 heavy (non-hydrogen) atoms. The Labute approximate surface area is 141 Å². The average Bonchev–Trinajstić information content (AvgIpc) is 3.07. The van der Waals surface area contributed by atoms with Gasteiger partial charge in [-0.25, -0.2) is 0 Å². The number of benzene rings is 1. The van der Waals surface area contributed by atoms with Crippen molar-refractivity contribution in [2.75, 3.05) is 26.8 Å². The first-order chi connectivity index (χ1) is 11.2. The van der Waals surface area contributed by atoms with Crippen LogP contribution in [0.4, 0.5) is 0 Å². The van der Waals surface area contributed by atoms with Crippen molar-refractivity contribution in [1.82, 2.24) is 14.7 Å². The fraction of sp³-hybridized carbons (Fsp3) is 0.471. The highest BCUT2D eigenvalue weighted by atomic mass is 35.5. The number of rotatable bonds is 5. The normalized spacial score (nSPS) is 20.4. The Morgan fingerprint density at radius 3 is 3.04 bits per heavy atom. The molecule has 124 valence electrons. The summed E-state index contributed by atoms with van der Waals surface area (Å²) in [6, 6.07) is 8.21. The largest absolute Gasteiger partial charge is 0.495 e. The van der Waals surface area contributed by atoms with E-state index in [1.165, 1.54) is 5.56 Å². The van der Waals surface area contributed by atoms with E-state index >= 15 is 0 Å². The van der Waals surface area contributed by atoms with Gasteiger partial charge >= 0.3 is 0 Å². The highest BCUT2D eigenvalue weighted by Gasteiger charge is 2.25. The summed E-state index contributed by atoms with van der Waals surface area (Å²) < 4.78 is 13.0. The zero-order valence-electron chi connectivity index (χ0n) is 13.5. The molecular weight excluding hydrogens is 314 g/mol. The van der Waals surface area contributed by atoms with E-state index in [4.69, 9.17) is 21.1 Å². The predicted octanol–water partition coefficient (Wildman–Crippen LogP) is 3.01. The van der Waals surface area contributed by atoms with Crippen LogP contribution in [-0.2, 0) is 11.3 Å². The van der Waals surface area contributed by atoms with Gasteiger partial charge in [-0.2, -0.15) is 5.10 Å². The molecule has 0 N–H and O–H groups in total. The van der Waals surface area contributed by atoms with E-state index in [0.717, 1.165) is 26.2 Å². The van der Waals surface area contributed by atoms with Gasteiger partial charge in [0.2, 0.25) is 0 Å². The van der Waals surface area contributed by atoms with Gasteiger partial charge in [-0.15, -0.1) is 0 Å². The van der Waals surface area contributed by atoms with E-state index in [0.29, 0.717) is 10.8 Å². The van der Waals surface area contributed by atoms with E-state index in [1.807, 2.05) is 29.1 Å². The number of methoxy groups -OCH3 is 1. The van der Waals surface area contributed by atoms with Gasteiger partial charge in [0.1, 0.15) is 5.75 Å². The maximum Gasteiger partial charge on any atom is 0.137 e. The minimum Gasteiger partial charge on any atom is -0.495 e. The van der Waals surface area contributed by atoms with Gasteiger partial charge in [-0.1, -0.05) is 17.7 Å². The summed E-state index contributed by atoms with van der Waals surface area (Å²) in [7, 11) is 1.63. The van der Waals surface area contributed by atoms with Gasteiger partial charge in [0.05, 0.1) is 31.4 Å². The molecule has 2 atom stereocenters. The SMILES string of the molecule is COc1ccc([C@H](C)N2CCO[C@H](Cn3cccn3)C2)cc1Cl. The lowest BCUT2D eigenvalue weighted by Crippen LogP contribution is -2.45. The molecule has 1 aliphatic rings. The van der Waals surface area contributed by atoms with E-state index in [1.54, 1.807) is 13.3 Å². The fourth-order valence-corrected chi connectivity index (χ4v) is 3.24. The molecule has 1 aliphatic heterocycles. The quantitative estimate of drug-likeness (QED) is 0.842. The first kappa shape index (κ1) is 16.3. The molecule has 5 nitrogen and oxygen atoms in total. The number of morpholine rings is 1. The van der Waals surface area contributed by atoms with Gasteiger partial charge in [0, 0.05) is 31.5 Å². The van der Waals surface area contributed by atoms with Crippen LogP contribution in [0.3, 0.4) is 0 Å². The van der Waals surface area contributed by atoms with E-state index in [-0.39, 0.29) is 12.1 Å².